The van der Waals surface area contributed by atoms with E-state index in [1.54, 1.807) is 11.7 Å². The van der Waals surface area contributed by atoms with Crippen LogP contribution >= 0.6 is 0 Å². The molecule has 3 aromatic rings. The second-order valence-electron chi connectivity index (χ2n) is 6.63. The summed E-state index contributed by atoms with van der Waals surface area (Å²) in [6.45, 7) is 0. The van der Waals surface area contributed by atoms with E-state index >= 15 is 0 Å². The average molecular weight is 411 g/mol. The minimum Gasteiger partial charge on any atom is -0.422 e. The van der Waals surface area contributed by atoms with E-state index in [0.717, 1.165) is 5.56 Å². The Bertz CT molecular complexity index is 1160. The molecule has 2 aromatic carbocycles. The van der Waals surface area contributed by atoms with Crippen molar-refractivity contribution < 1.29 is 22.6 Å². The predicted octanol–water partition coefficient (Wildman–Crippen LogP) is 4.31. The molecule has 1 unspecified atom stereocenters. The van der Waals surface area contributed by atoms with Crippen LogP contribution < -0.4 is 15.2 Å². The zero-order valence-corrected chi connectivity index (χ0v) is 15.8. The van der Waals surface area contributed by atoms with Gasteiger partial charge in [0.15, 0.2) is 0 Å². The van der Waals surface area contributed by atoms with Crippen LogP contribution in [0.2, 0.25) is 0 Å². The second kappa shape index (κ2) is 7.19. The first-order valence-electron chi connectivity index (χ1n) is 8.90. The fourth-order valence-corrected chi connectivity index (χ4v) is 3.51. The number of benzene rings is 2. The quantitative estimate of drug-likeness (QED) is 0.653. The number of ether oxygens (including phenoxy) is 2. The zero-order valence-electron chi connectivity index (χ0n) is 15.8. The Morgan fingerprint density at radius 1 is 1.13 bits per heavy atom. The third-order valence-electron chi connectivity index (χ3n) is 4.73. The van der Waals surface area contributed by atoms with E-state index in [4.69, 9.17) is 16.9 Å². The maximum atomic E-state index is 12.5. The molecule has 0 radical (unpaired) electrons. The number of aromatic nitrogens is 2. The van der Waals surface area contributed by atoms with Gasteiger partial charge >= 0.3 is 6.36 Å². The summed E-state index contributed by atoms with van der Waals surface area (Å²) in [6, 6.07) is 15.0. The van der Waals surface area contributed by atoms with Gasteiger partial charge in [-0.05, 0) is 17.7 Å². The summed E-state index contributed by atoms with van der Waals surface area (Å²) in [5.74, 6) is 2.17. The highest BCUT2D eigenvalue weighted by Gasteiger charge is 2.36. The Balaban J connectivity index is 1.87. The number of allylic oxidation sites excluding steroid dienone is 1. The van der Waals surface area contributed by atoms with Gasteiger partial charge < -0.3 is 15.2 Å². The van der Waals surface area contributed by atoms with E-state index in [9.17, 15) is 13.2 Å². The zero-order chi connectivity index (χ0) is 21.5. The number of rotatable bonds is 3. The second-order valence-corrected chi connectivity index (χ2v) is 6.63. The van der Waals surface area contributed by atoms with Gasteiger partial charge in [0.05, 0.1) is 17.1 Å². The van der Waals surface area contributed by atoms with Crippen molar-refractivity contribution in [2.24, 2.45) is 12.8 Å². The molecule has 0 saturated heterocycles. The third-order valence-corrected chi connectivity index (χ3v) is 4.73. The molecule has 0 fully saturated rings. The Labute approximate surface area is 170 Å². The lowest BCUT2D eigenvalue weighted by atomic mass is 9.83. The van der Waals surface area contributed by atoms with Crippen LogP contribution in [0.4, 0.5) is 13.2 Å². The smallest absolute Gasteiger partial charge is 0.422 e. The van der Waals surface area contributed by atoms with Gasteiger partial charge in [0, 0.05) is 12.6 Å². The Morgan fingerprint density at radius 3 is 2.40 bits per heavy atom. The molecular formula is C22H16F3N3O2. The van der Waals surface area contributed by atoms with Crippen molar-refractivity contribution in [2.45, 2.75) is 12.3 Å². The van der Waals surface area contributed by atoms with Crippen LogP contribution in [0, 0.1) is 12.3 Å². The highest BCUT2D eigenvalue weighted by Crippen LogP contribution is 2.46. The molecule has 1 aliphatic heterocycles. The first kappa shape index (κ1) is 19.5. The monoisotopic (exact) mass is 411 g/mol. The molecule has 1 aromatic heterocycles. The van der Waals surface area contributed by atoms with Gasteiger partial charge in [-0.2, -0.15) is 5.10 Å². The van der Waals surface area contributed by atoms with E-state index in [1.165, 1.54) is 24.3 Å². The van der Waals surface area contributed by atoms with Crippen LogP contribution in [0.1, 0.15) is 17.0 Å². The highest BCUT2D eigenvalue weighted by atomic mass is 19.4. The van der Waals surface area contributed by atoms with Gasteiger partial charge in [0.1, 0.15) is 11.4 Å². The van der Waals surface area contributed by atoms with Crippen molar-refractivity contribution in [1.29, 1.82) is 0 Å². The standard InChI is InChI=1S/C22H16F3N3O2/c1-3-16-17(13-9-11-15(12-10-13)30-22(23,24)25)18-19(14-7-5-4-6-8-14)27-28(2)21(18)29-20(16)26/h1,4-12,17H,26H2,2H3. The van der Waals surface area contributed by atoms with E-state index in [-0.39, 0.29) is 11.6 Å². The number of halogens is 3. The third kappa shape index (κ3) is 3.46. The number of nitrogens with two attached hydrogens (primary N) is 1. The Hall–Kier alpha value is -3.86. The van der Waals surface area contributed by atoms with Gasteiger partial charge in [-0.1, -0.05) is 48.4 Å². The number of nitrogens with zero attached hydrogens (tertiary/aromatic N) is 2. The fraction of sp³-hybridized carbons (Fsp3) is 0.136. The van der Waals surface area contributed by atoms with Crippen LogP contribution in [0.3, 0.4) is 0 Å². The molecule has 0 saturated carbocycles. The molecule has 30 heavy (non-hydrogen) atoms. The SMILES string of the molecule is C#CC1=C(N)Oc2c(c(-c3ccccc3)nn2C)C1c1ccc(OC(F)(F)F)cc1. The van der Waals surface area contributed by atoms with Crippen LogP contribution in [-0.2, 0) is 7.05 Å². The lowest BCUT2D eigenvalue weighted by Crippen LogP contribution is -2.22. The number of hydrogen-bond donors (Lipinski definition) is 1. The van der Waals surface area contributed by atoms with Gasteiger partial charge in [-0.15, -0.1) is 19.6 Å². The lowest BCUT2D eigenvalue weighted by Gasteiger charge is -2.25. The summed E-state index contributed by atoms with van der Waals surface area (Å²) in [6.07, 6.45) is 0.946. The van der Waals surface area contributed by atoms with Crippen molar-refractivity contribution in [3.05, 3.63) is 77.2 Å². The number of hydrogen-bond acceptors (Lipinski definition) is 4. The van der Waals surface area contributed by atoms with E-state index in [0.29, 0.717) is 28.3 Å². The molecule has 0 amide bonds. The molecular weight excluding hydrogens is 395 g/mol. The minimum atomic E-state index is -4.77. The Kier molecular flexibility index (Phi) is 4.66. The number of aryl methyl sites for hydroxylation is 1. The number of alkyl halides is 3. The summed E-state index contributed by atoms with van der Waals surface area (Å²) in [5.41, 5.74) is 9.25. The lowest BCUT2D eigenvalue weighted by molar-refractivity contribution is -0.274. The van der Waals surface area contributed by atoms with Gasteiger partial charge in [-0.3, -0.25) is 0 Å². The fourth-order valence-electron chi connectivity index (χ4n) is 3.51. The van der Waals surface area contributed by atoms with Crippen LogP contribution in [0.5, 0.6) is 11.6 Å². The van der Waals surface area contributed by atoms with Gasteiger partial charge in [-0.25, -0.2) is 4.68 Å². The topological polar surface area (TPSA) is 62.3 Å². The van der Waals surface area contributed by atoms with Crippen molar-refractivity contribution in [2.75, 3.05) is 0 Å². The van der Waals surface area contributed by atoms with Crippen LogP contribution in [-0.4, -0.2) is 16.1 Å². The molecule has 1 atom stereocenters. The van der Waals surface area contributed by atoms with Gasteiger partial charge in [0.2, 0.25) is 11.8 Å². The summed E-state index contributed by atoms with van der Waals surface area (Å²) in [5, 5.41) is 4.57. The van der Waals surface area contributed by atoms with Crippen molar-refractivity contribution in [1.82, 2.24) is 9.78 Å². The number of terminal acetylenes is 1. The molecule has 1 aliphatic rings. The van der Waals surface area contributed by atoms with Crippen LogP contribution in [0.25, 0.3) is 11.3 Å². The van der Waals surface area contributed by atoms with E-state index in [1.807, 2.05) is 30.3 Å². The molecule has 152 valence electrons. The first-order valence-corrected chi connectivity index (χ1v) is 8.90. The van der Waals surface area contributed by atoms with Crippen molar-refractivity contribution >= 4 is 0 Å². The molecule has 2 heterocycles. The maximum absolute atomic E-state index is 12.5. The van der Waals surface area contributed by atoms with E-state index in [2.05, 4.69) is 15.8 Å². The summed E-state index contributed by atoms with van der Waals surface area (Å²) in [4.78, 5) is 0. The minimum absolute atomic E-state index is 0.0493. The molecule has 0 aliphatic carbocycles. The maximum Gasteiger partial charge on any atom is 0.573 e. The molecule has 4 rings (SSSR count). The highest BCUT2D eigenvalue weighted by molar-refractivity contribution is 5.71. The van der Waals surface area contributed by atoms with Crippen molar-refractivity contribution in [3.63, 3.8) is 0 Å². The van der Waals surface area contributed by atoms with Crippen molar-refractivity contribution in [3.8, 4) is 35.2 Å². The molecule has 8 heteroatoms. The first-order chi connectivity index (χ1) is 14.3. The van der Waals surface area contributed by atoms with Gasteiger partial charge in [0.25, 0.3) is 0 Å². The largest absolute Gasteiger partial charge is 0.573 e. The molecule has 0 bridgehead atoms. The summed E-state index contributed by atoms with van der Waals surface area (Å²) < 4.78 is 48.8. The molecule has 5 nitrogen and oxygen atoms in total. The number of fused-ring (bicyclic) bond motifs is 1. The van der Waals surface area contributed by atoms with Crippen LogP contribution in [0.15, 0.2) is 66.1 Å². The molecule has 2 N–H and O–H groups in total. The normalized spacial score (nSPS) is 15.9. The average Bonchev–Trinajstić information content (AvgIpc) is 3.03. The summed E-state index contributed by atoms with van der Waals surface area (Å²) >= 11 is 0. The van der Waals surface area contributed by atoms with E-state index < -0.39 is 12.3 Å². The summed E-state index contributed by atoms with van der Waals surface area (Å²) in [7, 11) is 1.72. The molecule has 0 spiro atoms. The predicted molar refractivity (Wildman–Crippen MR) is 104 cm³/mol. The Morgan fingerprint density at radius 2 is 1.80 bits per heavy atom.